The minimum atomic E-state index is 0.0818. The van der Waals surface area contributed by atoms with Gasteiger partial charge in [0.25, 0.3) is 0 Å². The van der Waals surface area contributed by atoms with Crippen LogP contribution in [0.4, 0.5) is 0 Å². The Labute approximate surface area is 144 Å². The number of ether oxygens (including phenoxy) is 1. The maximum absolute atomic E-state index is 12.9. The van der Waals surface area contributed by atoms with E-state index in [1.54, 1.807) is 0 Å². The number of carbonyl (C=O) groups excluding carboxylic acids is 1. The number of likely N-dealkylation sites (tertiary alicyclic amines) is 1. The summed E-state index contributed by atoms with van der Waals surface area (Å²) in [7, 11) is 0. The summed E-state index contributed by atoms with van der Waals surface area (Å²) in [5.74, 6) is 2.45. The van der Waals surface area contributed by atoms with E-state index in [0.29, 0.717) is 17.7 Å². The molecule has 3 fully saturated rings. The van der Waals surface area contributed by atoms with Crippen LogP contribution in [0.5, 0.6) is 5.75 Å². The Bertz CT molecular complexity index is 590. The summed E-state index contributed by atoms with van der Waals surface area (Å²) >= 11 is 0. The third-order valence-corrected chi connectivity index (χ3v) is 6.34. The van der Waals surface area contributed by atoms with Crippen LogP contribution in [0.25, 0.3) is 0 Å². The van der Waals surface area contributed by atoms with Gasteiger partial charge in [0, 0.05) is 32.0 Å². The summed E-state index contributed by atoms with van der Waals surface area (Å²) in [5.41, 5.74) is 7.58. The van der Waals surface area contributed by atoms with E-state index >= 15 is 0 Å². The minimum absolute atomic E-state index is 0.0818. The number of rotatable bonds is 3. The lowest BCUT2D eigenvalue weighted by Crippen LogP contribution is -2.50. The first-order valence-electron chi connectivity index (χ1n) is 9.39. The standard InChI is InChI=1S/C20H28N2O2/c1-13-2-6-16(7-3-13)24-17-8-10-22(11-9-17)20(23)18-14-4-5-15(12-14)19(18)21/h2-3,6-7,14-15,17-19H,4-5,8-12,21H2,1H3/t14-,15+,18-,19+/m0/s1. The number of hydrogen-bond donors (Lipinski definition) is 1. The van der Waals surface area contributed by atoms with E-state index in [9.17, 15) is 4.79 Å². The van der Waals surface area contributed by atoms with Gasteiger partial charge in [0.1, 0.15) is 11.9 Å². The molecular formula is C20H28N2O2. The molecule has 3 aliphatic rings. The topological polar surface area (TPSA) is 55.6 Å². The highest BCUT2D eigenvalue weighted by Gasteiger charge is 2.50. The van der Waals surface area contributed by atoms with Gasteiger partial charge in [-0.2, -0.15) is 0 Å². The van der Waals surface area contributed by atoms with Gasteiger partial charge in [-0.15, -0.1) is 0 Å². The Morgan fingerprint density at radius 3 is 2.38 bits per heavy atom. The number of carbonyl (C=O) groups is 1. The molecule has 130 valence electrons. The largest absolute Gasteiger partial charge is 0.490 e. The third-order valence-electron chi connectivity index (χ3n) is 6.34. The molecule has 2 bridgehead atoms. The molecule has 2 N–H and O–H groups in total. The van der Waals surface area contributed by atoms with Gasteiger partial charge < -0.3 is 15.4 Å². The van der Waals surface area contributed by atoms with E-state index in [1.165, 1.54) is 24.8 Å². The SMILES string of the molecule is Cc1ccc(OC2CCN(C(=O)[C@H]3[C@H]4CC[C@H](C4)[C@H]3N)CC2)cc1. The highest BCUT2D eigenvalue weighted by atomic mass is 16.5. The fourth-order valence-corrected chi connectivity index (χ4v) is 4.92. The van der Waals surface area contributed by atoms with Crippen LogP contribution >= 0.6 is 0 Å². The Kier molecular flexibility index (Phi) is 4.25. The number of aryl methyl sites for hydroxylation is 1. The molecule has 4 heteroatoms. The lowest BCUT2D eigenvalue weighted by atomic mass is 9.83. The lowest BCUT2D eigenvalue weighted by molar-refractivity contribution is -0.139. The Balaban J connectivity index is 1.31. The molecule has 0 radical (unpaired) electrons. The number of amides is 1. The average molecular weight is 328 g/mol. The van der Waals surface area contributed by atoms with Crippen molar-refractivity contribution in [1.82, 2.24) is 4.90 Å². The van der Waals surface area contributed by atoms with Gasteiger partial charge >= 0.3 is 0 Å². The predicted molar refractivity (Wildman–Crippen MR) is 93.7 cm³/mol. The van der Waals surface area contributed by atoms with E-state index in [-0.39, 0.29) is 18.1 Å². The van der Waals surface area contributed by atoms with Crippen molar-refractivity contribution in [3.05, 3.63) is 29.8 Å². The maximum atomic E-state index is 12.9. The minimum Gasteiger partial charge on any atom is -0.490 e. The molecule has 2 saturated carbocycles. The molecule has 1 heterocycles. The van der Waals surface area contributed by atoms with Gasteiger partial charge in [-0.05, 0) is 50.2 Å². The van der Waals surface area contributed by atoms with Crippen molar-refractivity contribution >= 4 is 5.91 Å². The molecular weight excluding hydrogens is 300 g/mol. The molecule has 1 aromatic rings. The van der Waals surface area contributed by atoms with Crippen molar-refractivity contribution < 1.29 is 9.53 Å². The molecule has 0 aromatic heterocycles. The van der Waals surface area contributed by atoms with Crippen molar-refractivity contribution in [3.8, 4) is 5.75 Å². The summed E-state index contributed by atoms with van der Waals surface area (Å²) in [6.07, 6.45) is 5.63. The quantitative estimate of drug-likeness (QED) is 0.928. The first kappa shape index (κ1) is 15.9. The van der Waals surface area contributed by atoms with Crippen LogP contribution in [0.2, 0.25) is 0 Å². The summed E-state index contributed by atoms with van der Waals surface area (Å²) in [5, 5.41) is 0. The molecule has 1 aromatic carbocycles. The van der Waals surface area contributed by atoms with Crippen LogP contribution in [0, 0.1) is 24.7 Å². The monoisotopic (exact) mass is 328 g/mol. The van der Waals surface area contributed by atoms with Crippen LogP contribution in [0.15, 0.2) is 24.3 Å². The van der Waals surface area contributed by atoms with Gasteiger partial charge in [-0.25, -0.2) is 0 Å². The fraction of sp³-hybridized carbons (Fsp3) is 0.650. The van der Waals surface area contributed by atoms with Gasteiger partial charge in [0.05, 0.1) is 5.92 Å². The number of hydrogen-bond acceptors (Lipinski definition) is 3. The number of nitrogens with two attached hydrogens (primary N) is 1. The van der Waals surface area contributed by atoms with Crippen molar-refractivity contribution in [2.75, 3.05) is 13.1 Å². The second-order valence-corrected chi connectivity index (χ2v) is 7.89. The highest BCUT2D eigenvalue weighted by Crippen LogP contribution is 2.48. The second-order valence-electron chi connectivity index (χ2n) is 7.89. The van der Waals surface area contributed by atoms with Crippen LogP contribution in [0.3, 0.4) is 0 Å². The van der Waals surface area contributed by atoms with Crippen molar-refractivity contribution in [1.29, 1.82) is 0 Å². The van der Waals surface area contributed by atoms with E-state index in [0.717, 1.165) is 31.7 Å². The summed E-state index contributed by atoms with van der Waals surface area (Å²) < 4.78 is 6.07. The molecule has 1 saturated heterocycles. The zero-order chi connectivity index (χ0) is 16.7. The Morgan fingerprint density at radius 2 is 1.75 bits per heavy atom. The highest BCUT2D eigenvalue weighted by molar-refractivity contribution is 5.80. The van der Waals surface area contributed by atoms with Gasteiger partial charge in [0.2, 0.25) is 5.91 Å². The van der Waals surface area contributed by atoms with Crippen LogP contribution in [0.1, 0.15) is 37.7 Å². The second kappa shape index (κ2) is 6.40. The first-order chi connectivity index (χ1) is 11.6. The third kappa shape index (κ3) is 2.92. The molecule has 4 rings (SSSR count). The molecule has 24 heavy (non-hydrogen) atoms. The summed E-state index contributed by atoms with van der Waals surface area (Å²) in [6.45, 7) is 3.68. The molecule has 4 nitrogen and oxygen atoms in total. The summed E-state index contributed by atoms with van der Waals surface area (Å²) in [6, 6.07) is 8.30. The number of piperidine rings is 1. The van der Waals surface area contributed by atoms with Crippen LogP contribution in [-0.2, 0) is 4.79 Å². The zero-order valence-corrected chi connectivity index (χ0v) is 14.5. The van der Waals surface area contributed by atoms with Crippen molar-refractivity contribution in [3.63, 3.8) is 0 Å². The number of nitrogens with zero attached hydrogens (tertiary/aromatic N) is 1. The lowest BCUT2D eigenvalue weighted by Gasteiger charge is -2.37. The zero-order valence-electron chi connectivity index (χ0n) is 14.5. The van der Waals surface area contributed by atoms with Gasteiger partial charge in [0.15, 0.2) is 0 Å². The Morgan fingerprint density at radius 1 is 1.08 bits per heavy atom. The molecule has 0 spiro atoms. The van der Waals surface area contributed by atoms with Crippen LogP contribution in [-0.4, -0.2) is 36.0 Å². The smallest absolute Gasteiger partial charge is 0.227 e. The van der Waals surface area contributed by atoms with Gasteiger partial charge in [-0.1, -0.05) is 17.7 Å². The molecule has 0 unspecified atom stereocenters. The normalized spacial score (nSPS) is 33.0. The van der Waals surface area contributed by atoms with Crippen LogP contribution < -0.4 is 10.5 Å². The maximum Gasteiger partial charge on any atom is 0.227 e. The van der Waals surface area contributed by atoms with E-state index < -0.39 is 0 Å². The van der Waals surface area contributed by atoms with E-state index in [4.69, 9.17) is 10.5 Å². The summed E-state index contributed by atoms with van der Waals surface area (Å²) in [4.78, 5) is 15.0. The van der Waals surface area contributed by atoms with Crippen molar-refractivity contribution in [2.45, 2.75) is 51.2 Å². The van der Waals surface area contributed by atoms with Crippen molar-refractivity contribution in [2.24, 2.45) is 23.5 Å². The predicted octanol–water partition coefficient (Wildman–Crippen LogP) is 2.74. The van der Waals surface area contributed by atoms with E-state index in [2.05, 4.69) is 19.1 Å². The first-order valence-corrected chi connectivity index (χ1v) is 9.39. The Hall–Kier alpha value is -1.55. The number of benzene rings is 1. The molecule has 1 aliphatic heterocycles. The van der Waals surface area contributed by atoms with Gasteiger partial charge in [-0.3, -0.25) is 4.79 Å². The fourth-order valence-electron chi connectivity index (χ4n) is 4.92. The van der Waals surface area contributed by atoms with E-state index in [1.807, 2.05) is 17.0 Å². The molecule has 2 aliphatic carbocycles. The number of fused-ring (bicyclic) bond motifs is 2. The molecule has 4 atom stereocenters. The molecule has 1 amide bonds. The average Bonchev–Trinajstić information content (AvgIpc) is 3.18.